The molecule has 0 aromatic carbocycles. The van der Waals surface area contributed by atoms with Crippen molar-refractivity contribution in [1.82, 2.24) is 10.2 Å². The molecule has 1 aliphatic rings. The fraction of sp³-hybridized carbons (Fsp3) is 0.733. The molecule has 0 atom stereocenters. The molecule has 102 valence electrons. The first-order valence-corrected chi connectivity index (χ1v) is 7.33. The van der Waals surface area contributed by atoms with Crippen molar-refractivity contribution in [2.75, 3.05) is 13.1 Å². The molecule has 1 heterocycles. The molecular formula is C15H26N2O. The van der Waals surface area contributed by atoms with Crippen LogP contribution in [0, 0.1) is 0 Å². The van der Waals surface area contributed by atoms with Crippen LogP contribution in [0.1, 0.15) is 50.9 Å². The third-order valence-electron chi connectivity index (χ3n) is 3.34. The molecular weight excluding hydrogens is 224 g/mol. The van der Waals surface area contributed by atoms with Gasteiger partial charge in [-0.15, -0.1) is 0 Å². The summed E-state index contributed by atoms with van der Waals surface area (Å²) in [5.74, 6) is 1.10. The number of hydrogen-bond donors (Lipinski definition) is 1. The Balaban J connectivity index is 1.79. The van der Waals surface area contributed by atoms with Gasteiger partial charge in [-0.05, 0) is 44.8 Å². The lowest BCUT2D eigenvalue weighted by Gasteiger charge is -2.19. The zero-order chi connectivity index (χ0) is 12.8. The maximum Gasteiger partial charge on any atom is 0.118 e. The number of rotatable bonds is 9. The van der Waals surface area contributed by atoms with Gasteiger partial charge in [0.1, 0.15) is 5.76 Å². The molecule has 1 N–H and O–H groups in total. The van der Waals surface area contributed by atoms with E-state index >= 15 is 0 Å². The van der Waals surface area contributed by atoms with Gasteiger partial charge in [-0.25, -0.2) is 0 Å². The minimum atomic E-state index is 0.764. The Hall–Kier alpha value is -0.800. The smallest absolute Gasteiger partial charge is 0.118 e. The molecule has 2 rings (SSSR count). The quantitative estimate of drug-likeness (QED) is 0.730. The third kappa shape index (κ3) is 4.46. The molecule has 1 aliphatic carbocycles. The Labute approximate surface area is 111 Å². The summed E-state index contributed by atoms with van der Waals surface area (Å²) >= 11 is 0. The van der Waals surface area contributed by atoms with E-state index in [4.69, 9.17) is 4.42 Å². The van der Waals surface area contributed by atoms with Crippen LogP contribution in [0.25, 0.3) is 0 Å². The molecule has 0 aliphatic heterocycles. The second-order valence-electron chi connectivity index (χ2n) is 5.35. The van der Waals surface area contributed by atoms with Crippen LogP contribution in [0.3, 0.4) is 0 Å². The molecule has 1 aromatic heterocycles. The van der Waals surface area contributed by atoms with Crippen molar-refractivity contribution in [1.29, 1.82) is 0 Å². The van der Waals surface area contributed by atoms with Crippen LogP contribution in [-0.4, -0.2) is 24.0 Å². The van der Waals surface area contributed by atoms with Crippen LogP contribution < -0.4 is 5.32 Å². The summed E-state index contributed by atoms with van der Waals surface area (Å²) in [5.41, 5.74) is 1.28. The number of nitrogens with one attached hydrogen (secondary N) is 1. The van der Waals surface area contributed by atoms with Crippen molar-refractivity contribution in [3.05, 3.63) is 23.7 Å². The van der Waals surface area contributed by atoms with E-state index in [1.54, 1.807) is 0 Å². The Kier molecular flexibility index (Phi) is 5.26. The first-order valence-electron chi connectivity index (χ1n) is 7.33. The minimum Gasteiger partial charge on any atom is -0.468 e. The molecule has 3 nitrogen and oxygen atoms in total. The molecule has 0 spiro atoms. The van der Waals surface area contributed by atoms with E-state index in [0.717, 1.165) is 38.0 Å². The van der Waals surface area contributed by atoms with E-state index < -0.39 is 0 Å². The molecule has 1 fully saturated rings. The summed E-state index contributed by atoms with van der Waals surface area (Å²) in [6, 6.07) is 2.97. The average Bonchev–Trinajstić information content (AvgIpc) is 3.08. The molecule has 3 heteroatoms. The van der Waals surface area contributed by atoms with Gasteiger partial charge in [0.05, 0.1) is 12.8 Å². The minimum absolute atomic E-state index is 0.764. The van der Waals surface area contributed by atoms with Gasteiger partial charge in [-0.1, -0.05) is 13.8 Å². The van der Waals surface area contributed by atoms with Crippen molar-refractivity contribution >= 4 is 0 Å². The predicted molar refractivity (Wildman–Crippen MR) is 74.4 cm³/mol. The topological polar surface area (TPSA) is 28.4 Å². The molecule has 0 radical (unpaired) electrons. The first kappa shape index (κ1) is 13.6. The van der Waals surface area contributed by atoms with Crippen LogP contribution in [0.4, 0.5) is 0 Å². The van der Waals surface area contributed by atoms with Gasteiger partial charge < -0.3 is 9.73 Å². The van der Waals surface area contributed by atoms with E-state index in [1.165, 1.54) is 31.2 Å². The lowest BCUT2D eigenvalue weighted by atomic mass is 10.2. The van der Waals surface area contributed by atoms with Gasteiger partial charge >= 0.3 is 0 Å². The van der Waals surface area contributed by atoms with Crippen LogP contribution in [0.2, 0.25) is 0 Å². The Morgan fingerprint density at radius 2 is 2.00 bits per heavy atom. The van der Waals surface area contributed by atoms with Crippen molar-refractivity contribution in [2.45, 2.75) is 58.7 Å². The Morgan fingerprint density at radius 1 is 1.28 bits per heavy atom. The summed E-state index contributed by atoms with van der Waals surface area (Å²) < 4.78 is 5.66. The maximum absolute atomic E-state index is 5.66. The van der Waals surface area contributed by atoms with Crippen molar-refractivity contribution < 1.29 is 4.42 Å². The van der Waals surface area contributed by atoms with Gasteiger partial charge in [-0.2, -0.15) is 0 Å². The Bertz CT molecular complexity index is 338. The van der Waals surface area contributed by atoms with E-state index in [9.17, 15) is 0 Å². The van der Waals surface area contributed by atoms with E-state index in [-0.39, 0.29) is 0 Å². The number of nitrogens with zero attached hydrogens (tertiary/aromatic N) is 1. The lowest BCUT2D eigenvalue weighted by Crippen LogP contribution is -2.24. The highest BCUT2D eigenvalue weighted by Gasteiger charge is 2.20. The largest absolute Gasteiger partial charge is 0.468 e. The SMILES string of the molecule is CCCN(CCC)Cc1cc(CNC2CC2)co1. The molecule has 1 aromatic rings. The third-order valence-corrected chi connectivity index (χ3v) is 3.34. The summed E-state index contributed by atoms with van der Waals surface area (Å²) in [7, 11) is 0. The van der Waals surface area contributed by atoms with E-state index in [2.05, 4.69) is 30.1 Å². The van der Waals surface area contributed by atoms with Gasteiger partial charge in [-0.3, -0.25) is 4.90 Å². The van der Waals surface area contributed by atoms with E-state index in [0.29, 0.717) is 0 Å². The van der Waals surface area contributed by atoms with Gasteiger partial charge in [0.2, 0.25) is 0 Å². The van der Waals surface area contributed by atoms with Crippen molar-refractivity contribution in [3.8, 4) is 0 Å². The van der Waals surface area contributed by atoms with Crippen molar-refractivity contribution in [3.63, 3.8) is 0 Å². The normalized spacial score (nSPS) is 15.5. The highest BCUT2D eigenvalue weighted by molar-refractivity contribution is 5.13. The van der Waals surface area contributed by atoms with Crippen molar-refractivity contribution in [2.24, 2.45) is 0 Å². The maximum atomic E-state index is 5.66. The molecule has 1 saturated carbocycles. The van der Waals surface area contributed by atoms with Crippen LogP contribution in [-0.2, 0) is 13.1 Å². The average molecular weight is 250 g/mol. The number of furan rings is 1. The van der Waals surface area contributed by atoms with Gasteiger partial charge in [0, 0.05) is 18.2 Å². The standard InChI is InChI=1S/C15H26N2O/c1-3-7-17(8-4-2)11-15-9-13(12-18-15)10-16-14-5-6-14/h9,12,14,16H,3-8,10-11H2,1-2H3. The summed E-state index contributed by atoms with van der Waals surface area (Å²) in [6.45, 7) is 8.68. The second kappa shape index (κ2) is 6.95. The van der Waals surface area contributed by atoms with Crippen LogP contribution >= 0.6 is 0 Å². The molecule has 0 unspecified atom stereocenters. The summed E-state index contributed by atoms with van der Waals surface area (Å²) in [4.78, 5) is 2.47. The first-order chi connectivity index (χ1) is 8.81. The fourth-order valence-electron chi connectivity index (χ4n) is 2.27. The molecule has 0 bridgehead atoms. The van der Waals surface area contributed by atoms with Crippen LogP contribution in [0.5, 0.6) is 0 Å². The second-order valence-corrected chi connectivity index (χ2v) is 5.35. The fourth-order valence-corrected chi connectivity index (χ4v) is 2.27. The molecule has 0 saturated heterocycles. The highest BCUT2D eigenvalue weighted by atomic mass is 16.3. The lowest BCUT2D eigenvalue weighted by molar-refractivity contribution is 0.244. The monoisotopic (exact) mass is 250 g/mol. The molecule has 0 amide bonds. The summed E-state index contributed by atoms with van der Waals surface area (Å²) in [6.07, 6.45) is 6.99. The van der Waals surface area contributed by atoms with Crippen LogP contribution in [0.15, 0.2) is 16.7 Å². The zero-order valence-corrected chi connectivity index (χ0v) is 11.7. The van der Waals surface area contributed by atoms with Gasteiger partial charge in [0.25, 0.3) is 0 Å². The number of hydrogen-bond acceptors (Lipinski definition) is 3. The van der Waals surface area contributed by atoms with Gasteiger partial charge in [0.15, 0.2) is 0 Å². The predicted octanol–water partition coefficient (Wildman–Crippen LogP) is 3.15. The Morgan fingerprint density at radius 3 is 2.61 bits per heavy atom. The summed E-state index contributed by atoms with van der Waals surface area (Å²) in [5, 5.41) is 3.52. The van der Waals surface area contributed by atoms with E-state index in [1.807, 2.05) is 6.26 Å². The molecule has 18 heavy (non-hydrogen) atoms. The highest BCUT2D eigenvalue weighted by Crippen LogP contribution is 2.20. The zero-order valence-electron chi connectivity index (χ0n) is 11.7.